The van der Waals surface area contributed by atoms with Crippen molar-refractivity contribution in [3.05, 3.63) is 65.2 Å². The van der Waals surface area contributed by atoms with Crippen LogP contribution in [-0.2, 0) is 16.1 Å². The van der Waals surface area contributed by atoms with Gasteiger partial charge in [-0.25, -0.2) is 0 Å². The molecule has 0 aliphatic rings. The van der Waals surface area contributed by atoms with Gasteiger partial charge < -0.3 is 10.6 Å². The number of anilines is 1. The van der Waals surface area contributed by atoms with E-state index in [0.29, 0.717) is 6.54 Å². The molecule has 0 aromatic heterocycles. The Hall–Kier alpha value is -2.62. The third-order valence-electron chi connectivity index (χ3n) is 3.52. The zero-order valence-corrected chi connectivity index (χ0v) is 13.6. The van der Waals surface area contributed by atoms with Crippen molar-refractivity contribution in [1.29, 1.82) is 0 Å². The molecule has 2 aromatic carbocycles. The SMILES string of the molecule is Cc1ccc(CNC(=O)CCC(=O)Nc2ccc(C)cc2)cc1. The molecule has 0 unspecified atom stereocenters. The van der Waals surface area contributed by atoms with Crippen LogP contribution in [0, 0.1) is 13.8 Å². The third-order valence-corrected chi connectivity index (χ3v) is 3.52. The highest BCUT2D eigenvalue weighted by atomic mass is 16.2. The summed E-state index contributed by atoms with van der Waals surface area (Å²) < 4.78 is 0. The summed E-state index contributed by atoms with van der Waals surface area (Å²) in [5.74, 6) is -0.274. The van der Waals surface area contributed by atoms with Crippen LogP contribution in [0.25, 0.3) is 0 Å². The van der Waals surface area contributed by atoms with Gasteiger partial charge in [0.2, 0.25) is 11.8 Å². The quantitative estimate of drug-likeness (QED) is 0.859. The molecule has 0 fully saturated rings. The fraction of sp³-hybridized carbons (Fsp3) is 0.263. The van der Waals surface area contributed by atoms with Crippen molar-refractivity contribution in [1.82, 2.24) is 5.32 Å². The highest BCUT2D eigenvalue weighted by Gasteiger charge is 2.07. The maximum atomic E-state index is 11.8. The van der Waals surface area contributed by atoms with Crippen LogP contribution in [-0.4, -0.2) is 11.8 Å². The second-order valence-corrected chi connectivity index (χ2v) is 5.68. The molecule has 0 saturated heterocycles. The molecule has 0 heterocycles. The van der Waals surface area contributed by atoms with E-state index in [-0.39, 0.29) is 24.7 Å². The van der Waals surface area contributed by atoms with Gasteiger partial charge in [-0.15, -0.1) is 0 Å². The van der Waals surface area contributed by atoms with Gasteiger partial charge in [-0.3, -0.25) is 9.59 Å². The van der Waals surface area contributed by atoms with Gasteiger partial charge in [0.05, 0.1) is 0 Å². The van der Waals surface area contributed by atoms with Gasteiger partial charge in [0.15, 0.2) is 0 Å². The third kappa shape index (κ3) is 5.94. The largest absolute Gasteiger partial charge is 0.352 e. The number of hydrogen-bond acceptors (Lipinski definition) is 2. The number of benzene rings is 2. The second-order valence-electron chi connectivity index (χ2n) is 5.68. The molecule has 120 valence electrons. The van der Waals surface area contributed by atoms with Crippen molar-refractivity contribution in [2.45, 2.75) is 33.2 Å². The molecule has 0 aliphatic carbocycles. The molecule has 0 radical (unpaired) electrons. The lowest BCUT2D eigenvalue weighted by Crippen LogP contribution is -2.24. The van der Waals surface area contributed by atoms with Crippen LogP contribution in [0.3, 0.4) is 0 Å². The smallest absolute Gasteiger partial charge is 0.224 e. The first-order valence-corrected chi connectivity index (χ1v) is 7.72. The Bertz CT molecular complexity index is 661. The topological polar surface area (TPSA) is 58.2 Å². The molecule has 4 heteroatoms. The first kappa shape index (κ1) is 16.7. The zero-order valence-electron chi connectivity index (χ0n) is 13.6. The molecule has 2 amide bonds. The van der Waals surface area contributed by atoms with Gasteiger partial charge in [-0.2, -0.15) is 0 Å². The lowest BCUT2D eigenvalue weighted by Gasteiger charge is -2.07. The number of rotatable bonds is 6. The van der Waals surface area contributed by atoms with E-state index in [1.54, 1.807) is 0 Å². The normalized spacial score (nSPS) is 10.2. The van der Waals surface area contributed by atoms with Gasteiger partial charge in [0.25, 0.3) is 0 Å². The highest BCUT2D eigenvalue weighted by molar-refractivity contribution is 5.93. The monoisotopic (exact) mass is 310 g/mol. The molecule has 0 bridgehead atoms. The number of nitrogens with one attached hydrogen (secondary N) is 2. The number of aryl methyl sites for hydroxylation is 2. The van der Waals surface area contributed by atoms with E-state index in [9.17, 15) is 9.59 Å². The van der Waals surface area contributed by atoms with Crippen LogP contribution in [0.15, 0.2) is 48.5 Å². The standard InChI is InChI=1S/C19H22N2O2/c1-14-3-7-16(8-4-14)13-20-18(22)11-12-19(23)21-17-9-5-15(2)6-10-17/h3-10H,11-13H2,1-2H3,(H,20,22)(H,21,23). The van der Waals surface area contributed by atoms with Crippen LogP contribution in [0.2, 0.25) is 0 Å². The van der Waals surface area contributed by atoms with E-state index in [2.05, 4.69) is 10.6 Å². The lowest BCUT2D eigenvalue weighted by atomic mass is 10.1. The Balaban J connectivity index is 1.70. The summed E-state index contributed by atoms with van der Waals surface area (Å²) in [5, 5.41) is 5.61. The van der Waals surface area contributed by atoms with Crippen molar-refractivity contribution in [3.8, 4) is 0 Å². The predicted octanol–water partition coefficient (Wildman–Crippen LogP) is 3.34. The summed E-state index contributed by atoms with van der Waals surface area (Å²) in [6.45, 7) is 4.50. The first-order chi connectivity index (χ1) is 11.0. The van der Waals surface area contributed by atoms with E-state index >= 15 is 0 Å². The predicted molar refractivity (Wildman–Crippen MR) is 92.1 cm³/mol. The number of carbonyl (C=O) groups excluding carboxylic acids is 2. The first-order valence-electron chi connectivity index (χ1n) is 7.72. The molecule has 2 rings (SSSR count). The summed E-state index contributed by atoms with van der Waals surface area (Å²) in [6, 6.07) is 15.6. The number of hydrogen-bond donors (Lipinski definition) is 2. The van der Waals surface area contributed by atoms with Crippen LogP contribution in [0.1, 0.15) is 29.5 Å². The van der Waals surface area contributed by atoms with Gasteiger partial charge >= 0.3 is 0 Å². The fourth-order valence-electron chi connectivity index (χ4n) is 2.08. The summed E-state index contributed by atoms with van der Waals surface area (Å²) >= 11 is 0. The van der Waals surface area contributed by atoms with Gasteiger partial charge in [-0.05, 0) is 31.5 Å². The fourth-order valence-corrected chi connectivity index (χ4v) is 2.08. The summed E-state index contributed by atoms with van der Waals surface area (Å²) in [6.07, 6.45) is 0.358. The van der Waals surface area contributed by atoms with Crippen molar-refractivity contribution >= 4 is 17.5 Å². The van der Waals surface area contributed by atoms with Crippen molar-refractivity contribution < 1.29 is 9.59 Å². The molecule has 0 saturated carbocycles. The molecular formula is C19H22N2O2. The summed E-state index contributed by atoms with van der Waals surface area (Å²) in [7, 11) is 0. The Labute approximate surface area is 136 Å². The minimum Gasteiger partial charge on any atom is -0.352 e. The molecule has 23 heavy (non-hydrogen) atoms. The maximum Gasteiger partial charge on any atom is 0.224 e. The molecule has 0 atom stereocenters. The van der Waals surface area contributed by atoms with Crippen molar-refractivity contribution in [2.75, 3.05) is 5.32 Å². The van der Waals surface area contributed by atoms with Crippen LogP contribution < -0.4 is 10.6 Å². The van der Waals surface area contributed by atoms with Crippen molar-refractivity contribution in [3.63, 3.8) is 0 Å². The molecule has 4 nitrogen and oxygen atoms in total. The second kappa shape index (κ2) is 8.13. The molecule has 0 aliphatic heterocycles. The number of amides is 2. The molecule has 2 aromatic rings. The molecular weight excluding hydrogens is 288 g/mol. The summed E-state index contributed by atoms with van der Waals surface area (Å²) in [4.78, 5) is 23.6. The van der Waals surface area contributed by atoms with Crippen LogP contribution >= 0.6 is 0 Å². The van der Waals surface area contributed by atoms with Crippen molar-refractivity contribution in [2.24, 2.45) is 0 Å². The maximum absolute atomic E-state index is 11.8. The van der Waals surface area contributed by atoms with Gasteiger partial charge in [0, 0.05) is 25.1 Å². The summed E-state index contributed by atoms with van der Waals surface area (Å²) in [5.41, 5.74) is 4.13. The van der Waals surface area contributed by atoms with E-state index in [0.717, 1.165) is 16.8 Å². The van der Waals surface area contributed by atoms with E-state index in [4.69, 9.17) is 0 Å². The molecule has 2 N–H and O–H groups in total. The van der Waals surface area contributed by atoms with Crippen LogP contribution in [0.4, 0.5) is 5.69 Å². The van der Waals surface area contributed by atoms with Gasteiger partial charge in [-0.1, -0.05) is 47.5 Å². The van der Waals surface area contributed by atoms with E-state index in [1.807, 2.05) is 62.4 Å². The van der Waals surface area contributed by atoms with Crippen LogP contribution in [0.5, 0.6) is 0 Å². The van der Waals surface area contributed by atoms with E-state index in [1.165, 1.54) is 5.56 Å². The van der Waals surface area contributed by atoms with Gasteiger partial charge in [0.1, 0.15) is 0 Å². The Morgan fingerprint density at radius 1 is 0.783 bits per heavy atom. The Kier molecular flexibility index (Phi) is 5.92. The Morgan fingerprint density at radius 3 is 1.91 bits per heavy atom. The lowest BCUT2D eigenvalue weighted by molar-refractivity contribution is -0.124. The zero-order chi connectivity index (χ0) is 16.7. The molecule has 0 spiro atoms. The average Bonchev–Trinajstić information content (AvgIpc) is 2.54. The minimum atomic E-state index is -0.153. The Morgan fingerprint density at radius 2 is 1.30 bits per heavy atom. The minimum absolute atomic E-state index is 0.121. The highest BCUT2D eigenvalue weighted by Crippen LogP contribution is 2.09. The average molecular weight is 310 g/mol. The number of carbonyl (C=O) groups is 2. The van der Waals surface area contributed by atoms with E-state index < -0.39 is 0 Å².